The summed E-state index contributed by atoms with van der Waals surface area (Å²) in [6.07, 6.45) is 7.96. The number of fused-ring (bicyclic) bond motifs is 1. The van der Waals surface area contributed by atoms with Crippen molar-refractivity contribution in [2.24, 2.45) is 17.8 Å². The molecule has 3 nitrogen and oxygen atoms in total. The molecule has 4 rings (SSSR count). The molecule has 6 heteroatoms. The minimum absolute atomic E-state index is 0.232. The molecule has 4 atom stereocenters. The summed E-state index contributed by atoms with van der Waals surface area (Å²) >= 11 is 0. The average Bonchev–Trinajstić information content (AvgIpc) is 2.87. The maximum Gasteiger partial charge on any atom is 0.416 e. The molecule has 0 aromatic heterocycles. The van der Waals surface area contributed by atoms with E-state index < -0.39 is 11.7 Å². The Kier molecular flexibility index (Phi) is 8.55. The summed E-state index contributed by atoms with van der Waals surface area (Å²) < 4.78 is 39.9. The zero-order chi connectivity index (χ0) is 24.7. The van der Waals surface area contributed by atoms with Crippen LogP contribution in [0.15, 0.2) is 72.8 Å². The predicted octanol–water partition coefficient (Wildman–Crippen LogP) is 6.91. The van der Waals surface area contributed by atoms with Gasteiger partial charge in [-0.15, -0.1) is 0 Å². The molecule has 3 N–H and O–H groups in total. The summed E-state index contributed by atoms with van der Waals surface area (Å²) in [5, 5.41) is 10.6. The molecule has 1 aliphatic carbocycles. The number of allylic oxidation sites excluding steroid dienone is 3. The van der Waals surface area contributed by atoms with Crippen LogP contribution in [-0.4, -0.2) is 25.7 Å². The molecular weight excluding hydrogens is 447 g/mol. The maximum atomic E-state index is 13.3. The quantitative estimate of drug-likeness (QED) is 0.322. The molecular formula is C29H36F3N3. The molecule has 188 valence electrons. The van der Waals surface area contributed by atoms with Crippen molar-refractivity contribution in [3.8, 4) is 0 Å². The predicted molar refractivity (Wildman–Crippen MR) is 139 cm³/mol. The van der Waals surface area contributed by atoms with Gasteiger partial charge in [-0.1, -0.05) is 49.4 Å². The van der Waals surface area contributed by atoms with Crippen molar-refractivity contribution in [3.05, 3.63) is 84.0 Å². The zero-order valence-electron chi connectivity index (χ0n) is 20.3. The number of rotatable bonds is 10. The first-order valence-corrected chi connectivity index (χ1v) is 12.7. The molecule has 0 spiro atoms. The number of alkyl halides is 3. The molecule has 2 aromatic carbocycles. The molecule has 0 saturated heterocycles. The summed E-state index contributed by atoms with van der Waals surface area (Å²) in [4.78, 5) is 0. The van der Waals surface area contributed by atoms with Crippen LogP contribution in [0.3, 0.4) is 0 Å². The molecule has 1 heterocycles. The lowest BCUT2D eigenvalue weighted by Crippen LogP contribution is -2.41. The summed E-state index contributed by atoms with van der Waals surface area (Å²) in [6.45, 7) is 4.94. The van der Waals surface area contributed by atoms with E-state index in [1.54, 1.807) is 6.07 Å². The summed E-state index contributed by atoms with van der Waals surface area (Å²) in [7, 11) is 0. The van der Waals surface area contributed by atoms with E-state index in [0.29, 0.717) is 24.2 Å². The molecule has 0 radical (unpaired) electrons. The van der Waals surface area contributed by atoms with Gasteiger partial charge < -0.3 is 16.0 Å². The smallest absolute Gasteiger partial charge is 0.384 e. The van der Waals surface area contributed by atoms with Gasteiger partial charge in [0.2, 0.25) is 0 Å². The van der Waals surface area contributed by atoms with Crippen LogP contribution in [-0.2, 0) is 12.6 Å². The fraction of sp³-hybridized carbons (Fsp3) is 0.448. The van der Waals surface area contributed by atoms with Crippen LogP contribution in [0.25, 0.3) is 0 Å². The number of halogens is 3. The highest BCUT2D eigenvalue weighted by molar-refractivity contribution is 5.56. The first-order chi connectivity index (χ1) is 16.9. The van der Waals surface area contributed by atoms with Gasteiger partial charge in [0.05, 0.1) is 5.56 Å². The normalized spacial score (nSPS) is 22.3. The van der Waals surface area contributed by atoms with E-state index >= 15 is 0 Å². The number of hydrogen-bond donors (Lipinski definition) is 3. The summed E-state index contributed by atoms with van der Waals surface area (Å²) in [5.41, 5.74) is 2.20. The van der Waals surface area contributed by atoms with Gasteiger partial charge >= 0.3 is 6.18 Å². The zero-order valence-corrected chi connectivity index (χ0v) is 20.3. The average molecular weight is 484 g/mol. The van der Waals surface area contributed by atoms with E-state index in [-0.39, 0.29) is 6.04 Å². The lowest BCUT2D eigenvalue weighted by atomic mass is 9.75. The van der Waals surface area contributed by atoms with Crippen LogP contribution in [0.4, 0.5) is 24.5 Å². The van der Waals surface area contributed by atoms with Crippen molar-refractivity contribution in [2.45, 2.75) is 44.8 Å². The van der Waals surface area contributed by atoms with E-state index in [1.165, 1.54) is 12.1 Å². The minimum atomic E-state index is -4.31. The lowest BCUT2D eigenvalue weighted by Gasteiger charge is -2.39. The van der Waals surface area contributed by atoms with Gasteiger partial charge in [-0.3, -0.25) is 0 Å². The van der Waals surface area contributed by atoms with Gasteiger partial charge in [0.15, 0.2) is 0 Å². The van der Waals surface area contributed by atoms with Crippen molar-refractivity contribution in [1.29, 1.82) is 0 Å². The van der Waals surface area contributed by atoms with Crippen molar-refractivity contribution < 1.29 is 13.2 Å². The second-order valence-electron chi connectivity index (χ2n) is 9.90. The second-order valence-corrected chi connectivity index (χ2v) is 9.90. The third-order valence-electron chi connectivity index (χ3n) is 7.15. The molecule has 35 heavy (non-hydrogen) atoms. The number of para-hydroxylation sites is 1. The Morgan fingerprint density at radius 1 is 1.06 bits per heavy atom. The fourth-order valence-electron chi connectivity index (χ4n) is 5.19. The number of nitrogens with one attached hydrogen (secondary N) is 3. The van der Waals surface area contributed by atoms with Gasteiger partial charge in [0.25, 0.3) is 0 Å². The van der Waals surface area contributed by atoms with Gasteiger partial charge in [0, 0.05) is 36.4 Å². The number of hydrogen-bond acceptors (Lipinski definition) is 3. The van der Waals surface area contributed by atoms with Crippen molar-refractivity contribution in [1.82, 2.24) is 5.32 Å². The van der Waals surface area contributed by atoms with Gasteiger partial charge in [0.1, 0.15) is 0 Å². The Morgan fingerprint density at radius 3 is 2.63 bits per heavy atom. The standard InChI is InChI=1S/C29H36F3N3/c1-21(20-33-16-17-34-26-10-6-3-7-11-26)12-13-23-18-24-19-25(29(30,31)32)14-15-27(24)35-28(23)22-8-4-2-5-9-22/h2-8,10-11,14-15,19,21-23,28,33-35H,9,12-13,16-18,20H2,1H3/t21-,22?,23-,28+/m1/s1. The van der Waals surface area contributed by atoms with Crippen LogP contribution < -0.4 is 16.0 Å². The van der Waals surface area contributed by atoms with Crippen LogP contribution in [0, 0.1) is 17.8 Å². The van der Waals surface area contributed by atoms with E-state index in [4.69, 9.17) is 0 Å². The fourth-order valence-corrected chi connectivity index (χ4v) is 5.19. The molecule has 0 amide bonds. The molecule has 0 fully saturated rings. The van der Waals surface area contributed by atoms with Gasteiger partial charge in [-0.2, -0.15) is 13.2 Å². The van der Waals surface area contributed by atoms with Crippen LogP contribution in [0.1, 0.15) is 37.3 Å². The maximum absolute atomic E-state index is 13.3. The van der Waals surface area contributed by atoms with E-state index in [9.17, 15) is 13.2 Å². The number of benzene rings is 2. The van der Waals surface area contributed by atoms with E-state index in [0.717, 1.165) is 55.8 Å². The lowest BCUT2D eigenvalue weighted by molar-refractivity contribution is -0.137. The van der Waals surface area contributed by atoms with Crippen LogP contribution in [0.2, 0.25) is 0 Å². The molecule has 1 unspecified atom stereocenters. The van der Waals surface area contributed by atoms with E-state index in [1.807, 2.05) is 18.2 Å². The monoisotopic (exact) mass is 483 g/mol. The van der Waals surface area contributed by atoms with E-state index in [2.05, 4.69) is 59.3 Å². The molecule has 0 bridgehead atoms. The SMILES string of the molecule is C[C@H](CC[C@@H]1Cc2cc(C(F)(F)F)ccc2N[C@H]1C1C=CC=CC1)CNCCNc1ccccc1. The molecule has 2 aliphatic rings. The highest BCUT2D eigenvalue weighted by Gasteiger charge is 2.36. The summed E-state index contributed by atoms with van der Waals surface area (Å²) in [5.74, 6) is 1.16. The van der Waals surface area contributed by atoms with Crippen molar-refractivity contribution >= 4 is 11.4 Å². The van der Waals surface area contributed by atoms with Gasteiger partial charge in [-0.05, 0) is 80.0 Å². The largest absolute Gasteiger partial charge is 0.416 e. The van der Waals surface area contributed by atoms with Crippen LogP contribution in [0.5, 0.6) is 0 Å². The highest BCUT2D eigenvalue weighted by Crippen LogP contribution is 2.39. The van der Waals surface area contributed by atoms with Gasteiger partial charge in [-0.25, -0.2) is 0 Å². The molecule has 2 aromatic rings. The Labute approximate surface area is 206 Å². The third-order valence-corrected chi connectivity index (χ3v) is 7.15. The molecule has 1 aliphatic heterocycles. The van der Waals surface area contributed by atoms with Crippen molar-refractivity contribution in [3.63, 3.8) is 0 Å². The Morgan fingerprint density at radius 2 is 1.89 bits per heavy atom. The van der Waals surface area contributed by atoms with Crippen molar-refractivity contribution in [2.75, 3.05) is 30.3 Å². The van der Waals surface area contributed by atoms with Crippen LogP contribution >= 0.6 is 0 Å². The molecule has 0 saturated carbocycles. The Bertz CT molecular complexity index is 1000. The highest BCUT2D eigenvalue weighted by atomic mass is 19.4. The number of anilines is 2. The third kappa shape index (κ3) is 7.14. The minimum Gasteiger partial charge on any atom is -0.384 e. The first-order valence-electron chi connectivity index (χ1n) is 12.7. The summed E-state index contributed by atoms with van der Waals surface area (Å²) in [6, 6.07) is 14.5. The topological polar surface area (TPSA) is 36.1 Å². The Balaban J connectivity index is 1.31. The Hall–Kier alpha value is -2.73. The first kappa shape index (κ1) is 25.4. The second kappa shape index (κ2) is 11.8.